The number of rotatable bonds is 6. The minimum Gasteiger partial charge on any atom is -0.496 e. The molecule has 0 amide bonds. The van der Waals surface area contributed by atoms with Crippen LogP contribution in [0.5, 0.6) is 5.75 Å². The second-order valence-electron chi connectivity index (χ2n) is 5.86. The fraction of sp³-hybridized carbons (Fsp3) is 0.688. The van der Waals surface area contributed by atoms with Crippen LogP contribution in [0.1, 0.15) is 49.4 Å². The molecule has 1 fully saturated rings. The van der Waals surface area contributed by atoms with Crippen molar-refractivity contribution in [3.63, 3.8) is 0 Å². The molecule has 1 saturated carbocycles. The fourth-order valence-electron chi connectivity index (χ4n) is 3.03. The third-order valence-corrected chi connectivity index (χ3v) is 4.71. The lowest BCUT2D eigenvalue weighted by Gasteiger charge is -2.41. The number of pyridine rings is 1. The molecular weight excluding hydrogens is 236 g/mol. The van der Waals surface area contributed by atoms with Gasteiger partial charge in [0, 0.05) is 30.4 Å². The summed E-state index contributed by atoms with van der Waals surface area (Å²) in [7, 11) is 1.73. The molecule has 1 N–H and O–H groups in total. The predicted molar refractivity (Wildman–Crippen MR) is 78.5 cm³/mol. The highest BCUT2D eigenvalue weighted by molar-refractivity contribution is 5.40. The maximum atomic E-state index is 5.45. The van der Waals surface area contributed by atoms with E-state index in [4.69, 9.17) is 4.74 Å². The van der Waals surface area contributed by atoms with Crippen LogP contribution in [0, 0.1) is 19.3 Å². The lowest BCUT2D eigenvalue weighted by Crippen LogP contribution is -2.39. The molecule has 1 aliphatic rings. The third kappa shape index (κ3) is 2.92. The van der Waals surface area contributed by atoms with Gasteiger partial charge in [-0.3, -0.25) is 4.98 Å². The molecule has 1 aromatic heterocycles. The molecule has 0 spiro atoms. The zero-order valence-electron chi connectivity index (χ0n) is 12.7. The molecule has 0 atom stereocenters. The van der Waals surface area contributed by atoms with E-state index in [0.717, 1.165) is 35.7 Å². The number of hydrogen-bond acceptors (Lipinski definition) is 3. The predicted octanol–water partition coefficient (Wildman–Crippen LogP) is 3.38. The van der Waals surface area contributed by atoms with E-state index in [9.17, 15) is 0 Å². The first kappa shape index (κ1) is 14.3. The summed E-state index contributed by atoms with van der Waals surface area (Å²) in [6, 6.07) is 0. The van der Waals surface area contributed by atoms with Gasteiger partial charge < -0.3 is 10.1 Å². The monoisotopic (exact) mass is 262 g/mol. The van der Waals surface area contributed by atoms with Gasteiger partial charge in [0.2, 0.25) is 0 Å². The average molecular weight is 262 g/mol. The van der Waals surface area contributed by atoms with Gasteiger partial charge >= 0.3 is 0 Å². The van der Waals surface area contributed by atoms with Crippen LogP contribution in [0.2, 0.25) is 0 Å². The fourth-order valence-corrected chi connectivity index (χ4v) is 3.03. The molecule has 19 heavy (non-hydrogen) atoms. The van der Waals surface area contributed by atoms with Gasteiger partial charge in [-0.2, -0.15) is 0 Å². The molecule has 0 radical (unpaired) electrons. The zero-order chi connectivity index (χ0) is 13.9. The Hall–Kier alpha value is -1.09. The molecule has 2 rings (SSSR count). The molecule has 1 aliphatic carbocycles. The summed E-state index contributed by atoms with van der Waals surface area (Å²) in [5, 5.41) is 3.59. The molecule has 0 bridgehead atoms. The van der Waals surface area contributed by atoms with Crippen molar-refractivity contribution in [3.05, 3.63) is 23.0 Å². The highest BCUT2D eigenvalue weighted by atomic mass is 16.5. The average Bonchev–Trinajstić information content (AvgIpc) is 2.36. The molecule has 0 unspecified atom stereocenters. The van der Waals surface area contributed by atoms with Gasteiger partial charge in [-0.15, -0.1) is 0 Å². The number of nitrogens with one attached hydrogen (secondary N) is 1. The molecule has 0 aromatic carbocycles. The molecule has 1 heterocycles. The minimum absolute atomic E-state index is 0.558. The van der Waals surface area contributed by atoms with Gasteiger partial charge in [-0.25, -0.2) is 0 Å². The van der Waals surface area contributed by atoms with Crippen LogP contribution in [-0.2, 0) is 6.54 Å². The minimum atomic E-state index is 0.558. The first-order valence-electron chi connectivity index (χ1n) is 7.31. The van der Waals surface area contributed by atoms with E-state index in [0.29, 0.717) is 5.41 Å². The van der Waals surface area contributed by atoms with Crippen molar-refractivity contribution in [2.75, 3.05) is 13.7 Å². The van der Waals surface area contributed by atoms with Crippen LogP contribution in [-0.4, -0.2) is 18.6 Å². The molecule has 0 aliphatic heterocycles. The van der Waals surface area contributed by atoms with Crippen LogP contribution in [0.15, 0.2) is 6.20 Å². The summed E-state index contributed by atoms with van der Waals surface area (Å²) in [5.74, 6) is 0.973. The Morgan fingerprint density at radius 3 is 2.63 bits per heavy atom. The summed E-state index contributed by atoms with van der Waals surface area (Å²) in [6.45, 7) is 8.38. The van der Waals surface area contributed by atoms with Gasteiger partial charge in [-0.05, 0) is 38.5 Å². The molecule has 3 heteroatoms. The van der Waals surface area contributed by atoms with Crippen LogP contribution in [0.25, 0.3) is 0 Å². The SMILES string of the molecule is CCC1(CNCc2ncc(C)c(OC)c2C)CCC1. The number of aryl methyl sites for hydroxylation is 1. The van der Waals surface area contributed by atoms with Crippen molar-refractivity contribution in [1.29, 1.82) is 0 Å². The standard InChI is InChI=1S/C16H26N2O/c1-5-16(7-6-8-16)11-17-10-14-13(3)15(19-4)12(2)9-18-14/h9,17H,5-8,10-11H2,1-4H3. The van der Waals surface area contributed by atoms with E-state index in [1.807, 2.05) is 13.1 Å². The highest BCUT2D eigenvalue weighted by Crippen LogP contribution is 2.43. The Morgan fingerprint density at radius 2 is 2.11 bits per heavy atom. The number of nitrogens with zero attached hydrogens (tertiary/aromatic N) is 1. The van der Waals surface area contributed by atoms with Crippen molar-refractivity contribution >= 4 is 0 Å². The van der Waals surface area contributed by atoms with E-state index in [-0.39, 0.29) is 0 Å². The van der Waals surface area contributed by atoms with Gasteiger partial charge in [-0.1, -0.05) is 13.3 Å². The summed E-state index contributed by atoms with van der Waals surface area (Å²) in [4.78, 5) is 4.53. The Labute approximate surface area is 116 Å². The normalized spacial score (nSPS) is 17.1. The number of methoxy groups -OCH3 is 1. The van der Waals surface area contributed by atoms with Crippen LogP contribution >= 0.6 is 0 Å². The molecule has 1 aromatic rings. The Morgan fingerprint density at radius 1 is 1.37 bits per heavy atom. The van der Waals surface area contributed by atoms with E-state index in [1.165, 1.54) is 25.7 Å². The number of ether oxygens (including phenoxy) is 1. The van der Waals surface area contributed by atoms with Crippen molar-refractivity contribution in [3.8, 4) is 5.75 Å². The molecular formula is C16H26N2O. The Bertz CT molecular complexity index is 433. The first-order valence-corrected chi connectivity index (χ1v) is 7.31. The van der Waals surface area contributed by atoms with Crippen LogP contribution < -0.4 is 10.1 Å². The molecule has 3 nitrogen and oxygen atoms in total. The Balaban J connectivity index is 1.96. The maximum absolute atomic E-state index is 5.45. The zero-order valence-corrected chi connectivity index (χ0v) is 12.7. The van der Waals surface area contributed by atoms with Gasteiger partial charge in [0.15, 0.2) is 0 Å². The maximum Gasteiger partial charge on any atom is 0.128 e. The number of aromatic nitrogens is 1. The highest BCUT2D eigenvalue weighted by Gasteiger charge is 2.34. The van der Waals surface area contributed by atoms with E-state index >= 15 is 0 Å². The summed E-state index contributed by atoms with van der Waals surface area (Å²) < 4.78 is 5.45. The molecule has 106 valence electrons. The summed E-state index contributed by atoms with van der Waals surface area (Å²) >= 11 is 0. The quantitative estimate of drug-likeness (QED) is 0.853. The van der Waals surface area contributed by atoms with E-state index in [2.05, 4.69) is 24.1 Å². The summed E-state index contributed by atoms with van der Waals surface area (Å²) in [5.41, 5.74) is 3.93. The van der Waals surface area contributed by atoms with Gasteiger partial charge in [0.05, 0.1) is 12.8 Å². The van der Waals surface area contributed by atoms with Gasteiger partial charge in [0.25, 0.3) is 0 Å². The smallest absolute Gasteiger partial charge is 0.128 e. The largest absolute Gasteiger partial charge is 0.496 e. The van der Waals surface area contributed by atoms with Crippen molar-refractivity contribution in [2.24, 2.45) is 5.41 Å². The van der Waals surface area contributed by atoms with Crippen molar-refractivity contribution in [1.82, 2.24) is 10.3 Å². The second-order valence-corrected chi connectivity index (χ2v) is 5.86. The van der Waals surface area contributed by atoms with Crippen molar-refractivity contribution < 1.29 is 4.74 Å². The second kappa shape index (κ2) is 5.91. The van der Waals surface area contributed by atoms with Crippen LogP contribution in [0.3, 0.4) is 0 Å². The van der Waals surface area contributed by atoms with Crippen molar-refractivity contribution in [2.45, 2.75) is 53.0 Å². The topological polar surface area (TPSA) is 34.2 Å². The molecule has 0 saturated heterocycles. The first-order chi connectivity index (χ1) is 9.12. The Kier molecular flexibility index (Phi) is 4.46. The van der Waals surface area contributed by atoms with E-state index in [1.54, 1.807) is 7.11 Å². The lowest BCUT2D eigenvalue weighted by atomic mass is 9.67. The summed E-state index contributed by atoms with van der Waals surface area (Å²) in [6.07, 6.45) is 7.33. The van der Waals surface area contributed by atoms with Crippen LogP contribution in [0.4, 0.5) is 0 Å². The third-order valence-electron chi connectivity index (χ3n) is 4.71. The van der Waals surface area contributed by atoms with E-state index < -0.39 is 0 Å². The van der Waals surface area contributed by atoms with Gasteiger partial charge in [0.1, 0.15) is 5.75 Å². The number of hydrogen-bond donors (Lipinski definition) is 1. The lowest BCUT2D eigenvalue weighted by molar-refractivity contribution is 0.123.